The summed E-state index contributed by atoms with van der Waals surface area (Å²) in [6, 6.07) is 0. The lowest BCUT2D eigenvalue weighted by Crippen LogP contribution is -1.94. The molecule has 0 bridgehead atoms. The van der Waals surface area contributed by atoms with Crippen molar-refractivity contribution in [2.24, 2.45) is 4.99 Å². The highest BCUT2D eigenvalue weighted by atomic mass is 79.9. The van der Waals surface area contributed by atoms with Gasteiger partial charge in [0.1, 0.15) is 0 Å². The normalized spacial score (nSPS) is 12.3. The third-order valence-electron chi connectivity index (χ3n) is 0.990. The van der Waals surface area contributed by atoms with Gasteiger partial charge in [-0.25, -0.2) is 4.79 Å². The molecule has 0 saturated heterocycles. The van der Waals surface area contributed by atoms with Crippen LogP contribution in [0.15, 0.2) is 40.5 Å². The number of hydrogen-bond acceptors (Lipinski definition) is 3. The van der Waals surface area contributed by atoms with E-state index < -0.39 is 5.97 Å². The quantitative estimate of drug-likeness (QED) is 0.329. The van der Waals surface area contributed by atoms with Crippen LogP contribution in [0.3, 0.4) is 0 Å². The molecule has 0 heterocycles. The largest absolute Gasteiger partial charge is 0.466 e. The second-order valence-corrected chi connectivity index (χ2v) is 2.81. The molecular formula is C9H10BrNO2. The molecule has 0 aromatic heterocycles. The molecule has 0 aliphatic heterocycles. The van der Waals surface area contributed by atoms with E-state index in [1.807, 2.05) is 0 Å². The lowest BCUT2D eigenvalue weighted by molar-refractivity contribution is -0.134. The van der Waals surface area contributed by atoms with E-state index in [1.54, 1.807) is 18.4 Å². The first-order chi connectivity index (χ1) is 6.20. The highest BCUT2D eigenvalue weighted by Crippen LogP contribution is 2.05. The van der Waals surface area contributed by atoms with Gasteiger partial charge in [0.15, 0.2) is 0 Å². The molecule has 0 radical (unpaired) electrons. The minimum absolute atomic E-state index is 0.405. The standard InChI is InChI=1S/C9H10BrNO2/c1-3-11-6-4-5-8(10)7-9(12)13-2/h3-7H,1H2,2H3/b5-4-,8-7-,11-6?. The van der Waals surface area contributed by atoms with E-state index in [4.69, 9.17) is 0 Å². The Morgan fingerprint density at radius 1 is 1.62 bits per heavy atom. The molecule has 0 rings (SSSR count). The summed E-state index contributed by atoms with van der Waals surface area (Å²) < 4.78 is 5.04. The lowest BCUT2D eigenvalue weighted by atomic mass is 10.4. The summed E-state index contributed by atoms with van der Waals surface area (Å²) in [7, 11) is 1.32. The first-order valence-corrected chi connectivity index (χ1v) is 4.26. The average molecular weight is 244 g/mol. The Morgan fingerprint density at radius 2 is 2.31 bits per heavy atom. The molecule has 3 nitrogen and oxygen atoms in total. The molecule has 0 amide bonds. The Kier molecular flexibility index (Phi) is 6.82. The van der Waals surface area contributed by atoms with Gasteiger partial charge in [-0.15, -0.1) is 0 Å². The van der Waals surface area contributed by atoms with Gasteiger partial charge in [0.25, 0.3) is 0 Å². The van der Waals surface area contributed by atoms with E-state index in [1.165, 1.54) is 19.4 Å². The fourth-order valence-corrected chi connectivity index (χ4v) is 0.805. The van der Waals surface area contributed by atoms with Crippen LogP contribution < -0.4 is 0 Å². The number of hydrogen-bond donors (Lipinski definition) is 0. The van der Waals surface area contributed by atoms with Gasteiger partial charge in [-0.2, -0.15) is 0 Å². The third-order valence-corrected chi connectivity index (χ3v) is 1.48. The van der Waals surface area contributed by atoms with Gasteiger partial charge in [-0.3, -0.25) is 4.99 Å². The van der Waals surface area contributed by atoms with Crippen LogP contribution in [0, 0.1) is 0 Å². The monoisotopic (exact) mass is 243 g/mol. The molecule has 0 aromatic carbocycles. The molecule has 4 heteroatoms. The SMILES string of the molecule is C=CN=C/C=C\C(Br)=C\C(=O)OC. The Morgan fingerprint density at radius 3 is 2.85 bits per heavy atom. The number of methoxy groups -OCH3 is 1. The van der Waals surface area contributed by atoms with Crippen molar-refractivity contribution in [3.63, 3.8) is 0 Å². The second kappa shape index (κ2) is 7.49. The molecular weight excluding hydrogens is 234 g/mol. The van der Waals surface area contributed by atoms with Gasteiger partial charge in [0.05, 0.1) is 7.11 Å². The van der Waals surface area contributed by atoms with Crippen LogP contribution in [0.5, 0.6) is 0 Å². The van der Waals surface area contributed by atoms with E-state index in [9.17, 15) is 4.79 Å². The van der Waals surface area contributed by atoms with Gasteiger partial charge in [-0.05, 0) is 12.2 Å². The molecule has 0 fully saturated rings. The van der Waals surface area contributed by atoms with Crippen LogP contribution in [0.25, 0.3) is 0 Å². The zero-order valence-corrected chi connectivity index (χ0v) is 8.82. The number of rotatable bonds is 4. The van der Waals surface area contributed by atoms with Crippen molar-refractivity contribution in [2.45, 2.75) is 0 Å². The summed E-state index contributed by atoms with van der Waals surface area (Å²) in [5.74, 6) is -0.405. The Hall–Kier alpha value is -1.16. The second-order valence-electron chi connectivity index (χ2n) is 1.89. The molecule has 0 N–H and O–H groups in total. The fourth-order valence-electron chi connectivity index (χ4n) is 0.465. The summed E-state index contributed by atoms with van der Waals surface area (Å²) in [5, 5.41) is 0. The molecule has 0 aliphatic rings. The summed E-state index contributed by atoms with van der Waals surface area (Å²) in [6.45, 7) is 3.41. The number of aliphatic imine (C=N–C) groups is 1. The molecule has 0 atom stereocenters. The van der Waals surface area contributed by atoms with E-state index in [0.717, 1.165) is 0 Å². The highest BCUT2D eigenvalue weighted by Gasteiger charge is 1.93. The Balaban J connectivity index is 4.12. The summed E-state index contributed by atoms with van der Waals surface area (Å²) in [4.78, 5) is 14.4. The number of esters is 1. The summed E-state index contributed by atoms with van der Waals surface area (Å²) >= 11 is 3.16. The first-order valence-electron chi connectivity index (χ1n) is 3.46. The van der Waals surface area contributed by atoms with Crippen molar-refractivity contribution in [3.8, 4) is 0 Å². The zero-order valence-electron chi connectivity index (χ0n) is 7.24. The minimum Gasteiger partial charge on any atom is -0.466 e. The smallest absolute Gasteiger partial charge is 0.331 e. The number of halogens is 1. The van der Waals surface area contributed by atoms with E-state index in [-0.39, 0.29) is 0 Å². The van der Waals surface area contributed by atoms with Gasteiger partial charge in [0, 0.05) is 23.0 Å². The van der Waals surface area contributed by atoms with Crippen LogP contribution in [-0.2, 0) is 9.53 Å². The van der Waals surface area contributed by atoms with Crippen molar-refractivity contribution in [3.05, 3.63) is 35.5 Å². The maximum atomic E-state index is 10.7. The van der Waals surface area contributed by atoms with Crippen molar-refractivity contribution in [1.82, 2.24) is 0 Å². The van der Waals surface area contributed by atoms with Crippen molar-refractivity contribution < 1.29 is 9.53 Å². The van der Waals surface area contributed by atoms with Gasteiger partial charge < -0.3 is 4.74 Å². The third kappa shape index (κ3) is 7.21. The van der Waals surface area contributed by atoms with E-state index >= 15 is 0 Å². The van der Waals surface area contributed by atoms with Crippen LogP contribution in [-0.4, -0.2) is 19.3 Å². The van der Waals surface area contributed by atoms with Gasteiger partial charge >= 0.3 is 5.97 Å². The average Bonchev–Trinajstić information content (AvgIpc) is 2.12. The van der Waals surface area contributed by atoms with Crippen LogP contribution in [0.4, 0.5) is 0 Å². The van der Waals surface area contributed by atoms with Crippen LogP contribution >= 0.6 is 15.9 Å². The summed E-state index contributed by atoms with van der Waals surface area (Å²) in [6.07, 6.45) is 7.63. The van der Waals surface area contributed by atoms with Crippen LogP contribution in [0.2, 0.25) is 0 Å². The molecule has 0 spiro atoms. The topological polar surface area (TPSA) is 38.7 Å². The van der Waals surface area contributed by atoms with Crippen molar-refractivity contribution in [2.75, 3.05) is 7.11 Å². The van der Waals surface area contributed by atoms with Gasteiger partial charge in [0.2, 0.25) is 0 Å². The fraction of sp³-hybridized carbons (Fsp3) is 0.111. The Labute approximate surface area is 85.6 Å². The number of allylic oxidation sites excluding steroid dienone is 3. The predicted octanol–water partition coefficient (Wildman–Crippen LogP) is 2.21. The molecule has 0 unspecified atom stereocenters. The number of carbonyl (C=O) groups is 1. The minimum atomic E-state index is -0.405. The number of ether oxygens (including phenoxy) is 1. The molecule has 0 saturated carbocycles. The lowest BCUT2D eigenvalue weighted by Gasteiger charge is -1.89. The molecule has 0 aromatic rings. The molecule has 70 valence electrons. The maximum absolute atomic E-state index is 10.7. The maximum Gasteiger partial charge on any atom is 0.331 e. The number of carbonyl (C=O) groups excluding carboxylic acids is 1. The van der Waals surface area contributed by atoms with Crippen LogP contribution in [0.1, 0.15) is 0 Å². The zero-order chi connectivity index (χ0) is 10.1. The van der Waals surface area contributed by atoms with Crippen molar-refractivity contribution >= 4 is 28.1 Å². The van der Waals surface area contributed by atoms with E-state index in [0.29, 0.717) is 4.48 Å². The molecule has 13 heavy (non-hydrogen) atoms. The predicted molar refractivity (Wildman–Crippen MR) is 56.9 cm³/mol. The van der Waals surface area contributed by atoms with Gasteiger partial charge in [-0.1, -0.05) is 22.5 Å². The molecule has 0 aliphatic carbocycles. The van der Waals surface area contributed by atoms with Crippen molar-refractivity contribution in [1.29, 1.82) is 0 Å². The summed E-state index contributed by atoms with van der Waals surface area (Å²) in [5.41, 5.74) is 0. The highest BCUT2D eigenvalue weighted by molar-refractivity contribution is 9.11. The van der Waals surface area contributed by atoms with E-state index in [2.05, 4.69) is 32.2 Å². The number of nitrogens with zero attached hydrogens (tertiary/aromatic N) is 1. The first kappa shape index (κ1) is 11.8. The Bertz CT molecular complexity index is 267.